The molecule has 0 saturated heterocycles. The molecule has 138 valence electrons. The highest BCUT2D eigenvalue weighted by molar-refractivity contribution is 7.18. The third-order valence-electron chi connectivity index (χ3n) is 3.42. The van der Waals surface area contributed by atoms with Crippen molar-refractivity contribution < 1.29 is 23.8 Å². The number of carbonyl (C=O) groups excluding carboxylic acids is 2. The molecule has 6 nitrogen and oxygen atoms in total. The maximum atomic E-state index is 12.5. The molecule has 0 amide bonds. The van der Waals surface area contributed by atoms with E-state index in [2.05, 4.69) is 4.99 Å². The second-order valence-corrected chi connectivity index (χ2v) is 6.21. The Morgan fingerprint density at radius 2 is 1.81 bits per heavy atom. The van der Waals surface area contributed by atoms with E-state index in [0.717, 1.165) is 16.9 Å². The lowest BCUT2D eigenvalue weighted by Gasteiger charge is -2.05. The zero-order valence-electron chi connectivity index (χ0n) is 15.0. The quantitative estimate of drug-likeness (QED) is 0.391. The zero-order chi connectivity index (χ0) is 18.9. The summed E-state index contributed by atoms with van der Waals surface area (Å²) in [6.45, 7) is 6.07. The van der Waals surface area contributed by atoms with Gasteiger partial charge in [-0.1, -0.05) is 30.3 Å². The van der Waals surface area contributed by atoms with E-state index in [-0.39, 0.29) is 18.8 Å². The van der Waals surface area contributed by atoms with Crippen molar-refractivity contribution in [3.05, 3.63) is 51.9 Å². The van der Waals surface area contributed by atoms with Crippen LogP contribution in [0.2, 0.25) is 0 Å². The molecule has 0 atom stereocenters. The molecule has 0 bridgehead atoms. The van der Waals surface area contributed by atoms with Crippen LogP contribution in [0.3, 0.4) is 0 Å². The summed E-state index contributed by atoms with van der Waals surface area (Å²) < 4.78 is 15.5. The lowest BCUT2D eigenvalue weighted by molar-refractivity contribution is 0.0478. The molecular weight excluding hydrogens is 354 g/mol. The largest absolute Gasteiger partial charge is 0.483 e. The number of nitrogens with zero attached hydrogens (tertiary/aromatic N) is 1. The van der Waals surface area contributed by atoms with Crippen LogP contribution in [0.15, 0.2) is 35.3 Å². The molecule has 0 aliphatic rings. The Hall–Kier alpha value is -2.67. The molecule has 0 saturated carbocycles. The predicted molar refractivity (Wildman–Crippen MR) is 100 cm³/mol. The minimum absolute atomic E-state index is 0.156. The van der Waals surface area contributed by atoms with Crippen LogP contribution in [0.5, 0.6) is 0 Å². The van der Waals surface area contributed by atoms with Gasteiger partial charge in [-0.3, -0.25) is 0 Å². The van der Waals surface area contributed by atoms with E-state index in [0.29, 0.717) is 22.0 Å². The van der Waals surface area contributed by atoms with Crippen molar-refractivity contribution >= 4 is 34.7 Å². The number of thiophene rings is 1. The molecule has 2 rings (SSSR count). The van der Waals surface area contributed by atoms with Crippen LogP contribution in [0.4, 0.5) is 5.00 Å². The van der Waals surface area contributed by atoms with Gasteiger partial charge in [0.2, 0.25) is 0 Å². The van der Waals surface area contributed by atoms with Crippen LogP contribution in [-0.4, -0.2) is 31.6 Å². The van der Waals surface area contributed by atoms with Crippen molar-refractivity contribution in [2.45, 2.75) is 27.4 Å². The van der Waals surface area contributed by atoms with E-state index in [1.807, 2.05) is 37.3 Å². The smallest absolute Gasteiger partial charge is 0.349 e. The molecule has 1 aromatic heterocycles. The number of rotatable bonds is 8. The molecule has 1 heterocycles. The summed E-state index contributed by atoms with van der Waals surface area (Å²) in [6, 6.07) is 9.38. The fourth-order valence-electron chi connectivity index (χ4n) is 2.18. The third kappa shape index (κ3) is 4.92. The van der Waals surface area contributed by atoms with Crippen LogP contribution in [0, 0.1) is 6.92 Å². The Bertz CT molecular complexity index is 783. The van der Waals surface area contributed by atoms with Crippen LogP contribution >= 0.6 is 11.3 Å². The maximum Gasteiger partial charge on any atom is 0.349 e. The van der Waals surface area contributed by atoms with Gasteiger partial charge in [-0.15, -0.1) is 11.3 Å². The van der Waals surface area contributed by atoms with Crippen molar-refractivity contribution in [3.8, 4) is 0 Å². The highest BCUT2D eigenvalue weighted by atomic mass is 32.1. The molecule has 0 aliphatic heterocycles. The Balaban J connectivity index is 2.25. The lowest BCUT2D eigenvalue weighted by atomic mass is 10.1. The molecule has 26 heavy (non-hydrogen) atoms. The summed E-state index contributed by atoms with van der Waals surface area (Å²) in [5, 5.41) is 0.362. The Morgan fingerprint density at radius 3 is 2.46 bits per heavy atom. The van der Waals surface area contributed by atoms with Crippen LogP contribution in [0.25, 0.3) is 0 Å². The van der Waals surface area contributed by atoms with Crippen molar-refractivity contribution in [1.29, 1.82) is 0 Å². The molecule has 0 radical (unpaired) electrons. The number of esters is 2. The van der Waals surface area contributed by atoms with Gasteiger partial charge in [0.05, 0.1) is 13.2 Å². The highest BCUT2D eigenvalue weighted by Crippen LogP contribution is 2.36. The Labute approximate surface area is 156 Å². The van der Waals surface area contributed by atoms with Gasteiger partial charge in [0.15, 0.2) is 6.40 Å². The molecular formula is C19H21NO5S. The number of hydrogen-bond acceptors (Lipinski definition) is 7. The first-order chi connectivity index (χ1) is 12.6. The molecule has 2 aromatic rings. The average Bonchev–Trinajstić information content (AvgIpc) is 2.97. The fourth-order valence-corrected chi connectivity index (χ4v) is 3.20. The molecule has 0 aliphatic carbocycles. The first-order valence-corrected chi connectivity index (χ1v) is 9.05. The van der Waals surface area contributed by atoms with Gasteiger partial charge >= 0.3 is 11.9 Å². The summed E-state index contributed by atoms with van der Waals surface area (Å²) in [6.07, 6.45) is 1.26. The summed E-state index contributed by atoms with van der Waals surface area (Å²) >= 11 is 1.08. The van der Waals surface area contributed by atoms with Crippen LogP contribution < -0.4 is 0 Å². The van der Waals surface area contributed by atoms with E-state index < -0.39 is 11.9 Å². The van der Waals surface area contributed by atoms with Gasteiger partial charge in [0.1, 0.15) is 22.0 Å². The van der Waals surface area contributed by atoms with Gasteiger partial charge in [-0.25, -0.2) is 14.6 Å². The van der Waals surface area contributed by atoms with Crippen molar-refractivity contribution in [2.24, 2.45) is 4.99 Å². The van der Waals surface area contributed by atoms with E-state index in [4.69, 9.17) is 14.2 Å². The van der Waals surface area contributed by atoms with Crippen molar-refractivity contribution in [1.82, 2.24) is 0 Å². The highest BCUT2D eigenvalue weighted by Gasteiger charge is 2.26. The molecule has 0 unspecified atom stereocenters. The normalized spacial score (nSPS) is 10.7. The van der Waals surface area contributed by atoms with E-state index in [1.165, 1.54) is 6.40 Å². The monoisotopic (exact) mass is 375 g/mol. The van der Waals surface area contributed by atoms with Crippen molar-refractivity contribution in [2.75, 3.05) is 13.2 Å². The van der Waals surface area contributed by atoms with Crippen LogP contribution in [0.1, 0.15) is 45.0 Å². The summed E-state index contributed by atoms with van der Waals surface area (Å²) in [5.74, 6) is -1.02. The third-order valence-corrected chi connectivity index (χ3v) is 4.60. The molecule has 0 fully saturated rings. The molecule has 7 heteroatoms. The Kier molecular flexibility index (Phi) is 7.35. The SMILES string of the molecule is CCO/C=N/c1sc(C(=O)OCc2ccccc2)c(C)c1C(=O)OCC. The minimum Gasteiger partial charge on any atom is -0.483 e. The van der Waals surface area contributed by atoms with Gasteiger partial charge < -0.3 is 14.2 Å². The average molecular weight is 375 g/mol. The van der Waals surface area contributed by atoms with Crippen molar-refractivity contribution in [3.63, 3.8) is 0 Å². The lowest BCUT2D eigenvalue weighted by Crippen LogP contribution is -2.08. The summed E-state index contributed by atoms with van der Waals surface area (Å²) in [5.41, 5.74) is 1.64. The second-order valence-electron chi connectivity index (χ2n) is 5.21. The molecule has 0 N–H and O–H groups in total. The van der Waals surface area contributed by atoms with Gasteiger partial charge in [0, 0.05) is 0 Å². The number of aliphatic imine (C=N–C) groups is 1. The fraction of sp³-hybridized carbons (Fsp3) is 0.316. The number of hydrogen-bond donors (Lipinski definition) is 0. The minimum atomic E-state index is -0.521. The molecule has 1 aromatic carbocycles. The maximum absolute atomic E-state index is 12.5. The van der Waals surface area contributed by atoms with E-state index >= 15 is 0 Å². The van der Waals surface area contributed by atoms with E-state index in [1.54, 1.807) is 13.8 Å². The predicted octanol–water partition coefficient (Wildman–Crippen LogP) is 4.29. The van der Waals surface area contributed by atoms with Crippen LogP contribution in [-0.2, 0) is 20.8 Å². The Morgan fingerprint density at radius 1 is 1.08 bits per heavy atom. The molecule has 0 spiro atoms. The second kappa shape index (κ2) is 9.72. The first-order valence-electron chi connectivity index (χ1n) is 8.24. The number of benzene rings is 1. The summed E-state index contributed by atoms with van der Waals surface area (Å²) in [4.78, 5) is 29.2. The first kappa shape index (κ1) is 19.7. The zero-order valence-corrected chi connectivity index (χ0v) is 15.8. The standard InChI is InChI=1S/C19H21NO5S/c1-4-23-12-20-17-15(18(21)24-5-2)13(3)16(26-17)19(22)25-11-14-9-7-6-8-10-14/h6-10,12H,4-5,11H2,1-3H3/b20-12+. The van der Waals surface area contributed by atoms with Gasteiger partial charge in [-0.2, -0.15) is 0 Å². The van der Waals surface area contributed by atoms with Gasteiger partial charge in [0.25, 0.3) is 0 Å². The van der Waals surface area contributed by atoms with E-state index in [9.17, 15) is 9.59 Å². The number of carbonyl (C=O) groups is 2. The van der Waals surface area contributed by atoms with Gasteiger partial charge in [-0.05, 0) is 31.9 Å². The summed E-state index contributed by atoms with van der Waals surface area (Å²) in [7, 11) is 0. The number of ether oxygens (including phenoxy) is 3. The topological polar surface area (TPSA) is 74.2 Å².